The normalized spacial score (nSPS) is 20.9. The molecule has 23 heavy (non-hydrogen) atoms. The Hall–Kier alpha value is -1.92. The SMILES string of the molecule is CN(CC(=O)N1CC[C@](C)(NCC(=O)O)C1)Cc1ccccc1. The summed E-state index contributed by atoms with van der Waals surface area (Å²) in [4.78, 5) is 26.9. The molecule has 1 aliphatic heterocycles. The molecule has 1 fully saturated rings. The molecular weight excluding hydrogens is 294 g/mol. The van der Waals surface area contributed by atoms with Crippen LogP contribution >= 0.6 is 0 Å². The second-order valence-electron chi connectivity index (χ2n) is 6.53. The van der Waals surface area contributed by atoms with E-state index in [1.165, 1.54) is 5.56 Å². The molecule has 0 saturated carbocycles. The van der Waals surface area contributed by atoms with Crippen molar-refractivity contribution in [3.63, 3.8) is 0 Å². The maximum atomic E-state index is 12.4. The summed E-state index contributed by atoms with van der Waals surface area (Å²) in [6.07, 6.45) is 0.772. The molecule has 1 aromatic carbocycles. The van der Waals surface area contributed by atoms with E-state index in [0.29, 0.717) is 19.6 Å². The Balaban J connectivity index is 1.81. The molecule has 1 heterocycles. The lowest BCUT2D eigenvalue weighted by atomic mass is 10.0. The van der Waals surface area contributed by atoms with Gasteiger partial charge >= 0.3 is 5.97 Å². The second kappa shape index (κ2) is 7.57. The lowest BCUT2D eigenvalue weighted by molar-refractivity contribution is -0.136. The number of nitrogens with zero attached hydrogens (tertiary/aromatic N) is 2. The van der Waals surface area contributed by atoms with Gasteiger partial charge in [0, 0.05) is 25.2 Å². The third-order valence-electron chi connectivity index (χ3n) is 4.19. The quantitative estimate of drug-likeness (QED) is 0.777. The van der Waals surface area contributed by atoms with Crippen LogP contribution in [0.5, 0.6) is 0 Å². The fraction of sp³-hybridized carbons (Fsp3) is 0.529. The van der Waals surface area contributed by atoms with Crippen molar-refractivity contribution >= 4 is 11.9 Å². The minimum Gasteiger partial charge on any atom is -0.480 e. The monoisotopic (exact) mass is 319 g/mol. The highest BCUT2D eigenvalue weighted by atomic mass is 16.4. The van der Waals surface area contributed by atoms with E-state index in [4.69, 9.17) is 5.11 Å². The first-order valence-corrected chi connectivity index (χ1v) is 7.85. The summed E-state index contributed by atoms with van der Waals surface area (Å²) in [7, 11) is 1.93. The molecule has 0 unspecified atom stereocenters. The van der Waals surface area contributed by atoms with Crippen LogP contribution in [0.25, 0.3) is 0 Å². The van der Waals surface area contributed by atoms with Crippen molar-refractivity contribution in [3.05, 3.63) is 35.9 Å². The van der Waals surface area contributed by atoms with Crippen LogP contribution in [-0.2, 0) is 16.1 Å². The van der Waals surface area contributed by atoms with Crippen molar-refractivity contribution in [2.24, 2.45) is 0 Å². The Morgan fingerprint density at radius 1 is 1.35 bits per heavy atom. The van der Waals surface area contributed by atoms with E-state index in [1.54, 1.807) is 0 Å². The predicted octanol–water partition coefficient (Wildman–Crippen LogP) is 0.784. The van der Waals surface area contributed by atoms with E-state index < -0.39 is 5.97 Å². The molecule has 2 rings (SSSR count). The summed E-state index contributed by atoms with van der Waals surface area (Å²) < 4.78 is 0. The van der Waals surface area contributed by atoms with Crippen LogP contribution in [0.3, 0.4) is 0 Å². The number of carboxylic acid groups (broad SMARTS) is 1. The number of amides is 1. The summed E-state index contributed by atoms with van der Waals surface area (Å²) in [5, 5.41) is 11.8. The minimum absolute atomic E-state index is 0.0769. The highest BCUT2D eigenvalue weighted by Gasteiger charge is 2.36. The summed E-state index contributed by atoms with van der Waals surface area (Å²) in [6.45, 7) is 4.21. The highest BCUT2D eigenvalue weighted by Crippen LogP contribution is 2.20. The van der Waals surface area contributed by atoms with Gasteiger partial charge in [-0.1, -0.05) is 30.3 Å². The van der Waals surface area contributed by atoms with Crippen LogP contribution in [0.2, 0.25) is 0 Å². The van der Waals surface area contributed by atoms with E-state index in [-0.39, 0.29) is 18.0 Å². The average molecular weight is 319 g/mol. The zero-order valence-corrected chi connectivity index (χ0v) is 13.8. The van der Waals surface area contributed by atoms with Gasteiger partial charge in [-0.15, -0.1) is 0 Å². The van der Waals surface area contributed by atoms with Gasteiger partial charge < -0.3 is 10.0 Å². The van der Waals surface area contributed by atoms with Gasteiger partial charge in [0.2, 0.25) is 5.91 Å². The van der Waals surface area contributed by atoms with Crippen molar-refractivity contribution in [1.82, 2.24) is 15.1 Å². The summed E-state index contributed by atoms with van der Waals surface area (Å²) in [5.74, 6) is -0.789. The minimum atomic E-state index is -0.876. The van der Waals surface area contributed by atoms with Crippen molar-refractivity contribution < 1.29 is 14.7 Å². The molecule has 0 aliphatic carbocycles. The van der Waals surface area contributed by atoms with Crippen molar-refractivity contribution in [3.8, 4) is 0 Å². The summed E-state index contributed by atoms with van der Waals surface area (Å²) >= 11 is 0. The van der Waals surface area contributed by atoms with E-state index in [2.05, 4.69) is 5.32 Å². The fourth-order valence-electron chi connectivity index (χ4n) is 2.89. The van der Waals surface area contributed by atoms with E-state index >= 15 is 0 Å². The van der Waals surface area contributed by atoms with Crippen LogP contribution in [0, 0.1) is 0 Å². The first kappa shape index (κ1) is 17.4. The van der Waals surface area contributed by atoms with Gasteiger partial charge in [0.15, 0.2) is 0 Å². The smallest absolute Gasteiger partial charge is 0.317 e. The molecule has 1 saturated heterocycles. The molecule has 0 bridgehead atoms. The number of aliphatic carboxylic acids is 1. The number of rotatable bonds is 7. The van der Waals surface area contributed by atoms with Crippen LogP contribution in [0.4, 0.5) is 0 Å². The van der Waals surface area contributed by atoms with E-state index in [1.807, 2.05) is 54.1 Å². The van der Waals surface area contributed by atoms with Crippen LogP contribution in [0.1, 0.15) is 18.9 Å². The Kier molecular flexibility index (Phi) is 5.74. The summed E-state index contributed by atoms with van der Waals surface area (Å²) in [5.41, 5.74) is 0.865. The van der Waals surface area contributed by atoms with Crippen LogP contribution < -0.4 is 5.32 Å². The first-order chi connectivity index (χ1) is 10.9. The Labute approximate surface area is 137 Å². The molecule has 0 aromatic heterocycles. The van der Waals surface area contributed by atoms with Gasteiger partial charge in [0.1, 0.15) is 0 Å². The number of benzene rings is 1. The third-order valence-corrected chi connectivity index (χ3v) is 4.19. The molecule has 6 nitrogen and oxygen atoms in total. The van der Waals surface area contributed by atoms with Gasteiger partial charge in [-0.3, -0.25) is 19.8 Å². The number of hydrogen-bond donors (Lipinski definition) is 2. The lowest BCUT2D eigenvalue weighted by Crippen LogP contribution is -2.48. The zero-order valence-electron chi connectivity index (χ0n) is 13.8. The van der Waals surface area contributed by atoms with Crippen LogP contribution in [0.15, 0.2) is 30.3 Å². The lowest BCUT2D eigenvalue weighted by Gasteiger charge is -2.26. The molecule has 6 heteroatoms. The van der Waals surface area contributed by atoms with Gasteiger partial charge in [-0.05, 0) is 26.0 Å². The highest BCUT2D eigenvalue weighted by molar-refractivity contribution is 5.78. The first-order valence-electron chi connectivity index (χ1n) is 7.85. The molecule has 1 aliphatic rings. The van der Waals surface area contributed by atoms with Crippen molar-refractivity contribution in [2.75, 3.05) is 33.2 Å². The molecule has 2 N–H and O–H groups in total. The van der Waals surface area contributed by atoms with Gasteiger partial charge in [0.25, 0.3) is 0 Å². The standard InChI is InChI=1S/C17H25N3O3/c1-17(18-10-16(22)23)8-9-20(13-17)15(21)12-19(2)11-14-6-4-3-5-7-14/h3-7,18H,8-13H2,1-2H3,(H,22,23)/t17-/m0/s1. The second-order valence-corrected chi connectivity index (χ2v) is 6.53. The summed E-state index contributed by atoms with van der Waals surface area (Å²) in [6, 6.07) is 10.0. The predicted molar refractivity (Wildman–Crippen MR) is 88.0 cm³/mol. The van der Waals surface area contributed by atoms with Crippen molar-refractivity contribution in [2.45, 2.75) is 25.4 Å². The maximum absolute atomic E-state index is 12.4. The molecular formula is C17H25N3O3. The Bertz CT molecular complexity index is 549. The van der Waals surface area contributed by atoms with Gasteiger partial charge in [-0.25, -0.2) is 0 Å². The number of carbonyl (C=O) groups excluding carboxylic acids is 1. The number of nitrogens with one attached hydrogen (secondary N) is 1. The largest absolute Gasteiger partial charge is 0.480 e. The third kappa shape index (κ3) is 5.33. The average Bonchev–Trinajstić information content (AvgIpc) is 2.89. The van der Waals surface area contributed by atoms with Gasteiger partial charge in [-0.2, -0.15) is 0 Å². The number of likely N-dealkylation sites (N-methyl/N-ethyl adjacent to an activating group) is 1. The Morgan fingerprint density at radius 3 is 2.70 bits per heavy atom. The molecule has 126 valence electrons. The number of carboxylic acids is 1. The molecule has 1 aromatic rings. The van der Waals surface area contributed by atoms with Crippen LogP contribution in [-0.4, -0.2) is 65.5 Å². The number of likely N-dealkylation sites (tertiary alicyclic amines) is 1. The molecule has 1 amide bonds. The molecule has 0 spiro atoms. The molecule has 0 radical (unpaired) electrons. The maximum Gasteiger partial charge on any atom is 0.317 e. The topological polar surface area (TPSA) is 72.9 Å². The number of carbonyl (C=O) groups is 2. The number of hydrogen-bond acceptors (Lipinski definition) is 4. The van der Waals surface area contributed by atoms with E-state index in [0.717, 1.165) is 13.0 Å². The fourth-order valence-corrected chi connectivity index (χ4v) is 2.89. The van der Waals surface area contributed by atoms with Gasteiger partial charge in [0.05, 0.1) is 13.1 Å². The van der Waals surface area contributed by atoms with Crippen molar-refractivity contribution in [1.29, 1.82) is 0 Å². The van der Waals surface area contributed by atoms with E-state index in [9.17, 15) is 9.59 Å². The molecule has 1 atom stereocenters. The zero-order chi connectivity index (χ0) is 16.9. The Morgan fingerprint density at radius 2 is 2.04 bits per heavy atom.